The van der Waals surface area contributed by atoms with Gasteiger partial charge in [0, 0.05) is 51.2 Å². The molecule has 0 radical (unpaired) electrons. The molecule has 6 heteroatoms. The molecule has 22 heavy (non-hydrogen) atoms. The van der Waals surface area contributed by atoms with Gasteiger partial charge in [-0.05, 0) is 32.9 Å². The van der Waals surface area contributed by atoms with E-state index in [0.29, 0.717) is 5.91 Å². The maximum Gasteiger partial charge on any atom is 0.227 e. The number of hydrogen-bond donors (Lipinski definition) is 0. The minimum absolute atomic E-state index is 0.0845. The molecule has 3 heterocycles. The lowest BCUT2D eigenvalue weighted by Crippen LogP contribution is -2.51. The average Bonchev–Trinajstić information content (AvgIpc) is 2.55. The van der Waals surface area contributed by atoms with Gasteiger partial charge < -0.3 is 14.7 Å². The van der Waals surface area contributed by atoms with Crippen molar-refractivity contribution in [1.29, 1.82) is 0 Å². The van der Waals surface area contributed by atoms with Gasteiger partial charge in [-0.1, -0.05) is 0 Å². The van der Waals surface area contributed by atoms with Gasteiger partial charge in [0.25, 0.3) is 0 Å². The Morgan fingerprint density at radius 2 is 2.00 bits per heavy atom. The van der Waals surface area contributed by atoms with Gasteiger partial charge in [0.05, 0.1) is 5.92 Å². The van der Waals surface area contributed by atoms with Crippen molar-refractivity contribution >= 4 is 11.9 Å². The number of anilines is 1. The lowest BCUT2D eigenvalue weighted by molar-refractivity contribution is -0.137. The number of carbonyl (C=O) groups excluding carboxylic acids is 1. The van der Waals surface area contributed by atoms with Gasteiger partial charge in [0.2, 0.25) is 11.9 Å². The Morgan fingerprint density at radius 1 is 1.23 bits per heavy atom. The molecule has 1 aromatic heterocycles. The summed E-state index contributed by atoms with van der Waals surface area (Å²) >= 11 is 0. The molecule has 3 rings (SSSR count). The zero-order valence-corrected chi connectivity index (χ0v) is 13.5. The van der Waals surface area contributed by atoms with Crippen molar-refractivity contribution in [2.24, 2.45) is 5.92 Å². The fourth-order valence-corrected chi connectivity index (χ4v) is 3.23. The molecule has 0 bridgehead atoms. The fraction of sp³-hybridized carbons (Fsp3) is 0.688. The van der Waals surface area contributed by atoms with Gasteiger partial charge in [-0.3, -0.25) is 4.79 Å². The summed E-state index contributed by atoms with van der Waals surface area (Å²) in [5, 5.41) is 0. The molecule has 0 unspecified atom stereocenters. The van der Waals surface area contributed by atoms with E-state index in [2.05, 4.69) is 26.8 Å². The number of aromatic nitrogens is 2. The summed E-state index contributed by atoms with van der Waals surface area (Å²) in [5.41, 5.74) is 0.970. The molecule has 0 N–H and O–H groups in total. The lowest BCUT2D eigenvalue weighted by Gasteiger charge is -2.38. The van der Waals surface area contributed by atoms with E-state index in [-0.39, 0.29) is 5.92 Å². The predicted molar refractivity (Wildman–Crippen MR) is 85.8 cm³/mol. The van der Waals surface area contributed by atoms with Crippen molar-refractivity contribution < 1.29 is 4.79 Å². The highest BCUT2D eigenvalue weighted by molar-refractivity contribution is 5.79. The van der Waals surface area contributed by atoms with E-state index >= 15 is 0 Å². The van der Waals surface area contributed by atoms with Crippen LogP contribution in [0.5, 0.6) is 0 Å². The third kappa shape index (κ3) is 3.38. The standard InChI is InChI=1S/C16H25N5O/c1-13-5-6-17-16(18-13)21-7-3-4-14(12-21)15(22)20-10-8-19(2)9-11-20/h5-6,14H,3-4,7-12H2,1-2H3/t14-/m1/s1. The molecule has 1 atom stereocenters. The van der Waals surface area contributed by atoms with Crippen LogP contribution in [0.1, 0.15) is 18.5 Å². The maximum absolute atomic E-state index is 12.7. The second-order valence-corrected chi connectivity index (χ2v) is 6.41. The molecule has 6 nitrogen and oxygen atoms in total. The molecule has 120 valence electrons. The summed E-state index contributed by atoms with van der Waals surface area (Å²) in [7, 11) is 2.11. The van der Waals surface area contributed by atoms with Gasteiger partial charge in [0.15, 0.2) is 0 Å². The third-order valence-electron chi connectivity index (χ3n) is 4.65. The van der Waals surface area contributed by atoms with E-state index in [4.69, 9.17) is 0 Å². The van der Waals surface area contributed by atoms with E-state index < -0.39 is 0 Å². The monoisotopic (exact) mass is 303 g/mol. The van der Waals surface area contributed by atoms with Gasteiger partial charge >= 0.3 is 0 Å². The number of amides is 1. The second kappa shape index (κ2) is 6.60. The Hall–Kier alpha value is -1.69. The van der Waals surface area contributed by atoms with Crippen LogP contribution >= 0.6 is 0 Å². The van der Waals surface area contributed by atoms with Crippen LogP contribution in [0.25, 0.3) is 0 Å². The van der Waals surface area contributed by atoms with Crippen LogP contribution in [0.15, 0.2) is 12.3 Å². The van der Waals surface area contributed by atoms with Crippen molar-refractivity contribution in [1.82, 2.24) is 19.8 Å². The fourth-order valence-electron chi connectivity index (χ4n) is 3.23. The van der Waals surface area contributed by atoms with E-state index in [1.165, 1.54) is 0 Å². The highest BCUT2D eigenvalue weighted by Crippen LogP contribution is 2.22. The number of rotatable bonds is 2. The molecule has 1 aromatic rings. The SMILES string of the molecule is Cc1ccnc(N2CCC[C@@H](C(=O)N3CCN(C)CC3)C2)n1. The number of nitrogens with zero attached hydrogens (tertiary/aromatic N) is 5. The number of aryl methyl sites for hydroxylation is 1. The van der Waals surface area contributed by atoms with Crippen LogP contribution in [0.3, 0.4) is 0 Å². The molecule has 0 aliphatic carbocycles. The highest BCUT2D eigenvalue weighted by atomic mass is 16.2. The summed E-state index contributed by atoms with van der Waals surface area (Å²) in [6.07, 6.45) is 3.80. The Labute approximate surface area is 132 Å². The Bertz CT molecular complexity index is 527. The minimum Gasteiger partial charge on any atom is -0.340 e. The minimum atomic E-state index is 0.0845. The largest absolute Gasteiger partial charge is 0.340 e. The quantitative estimate of drug-likeness (QED) is 0.808. The van der Waals surface area contributed by atoms with Crippen molar-refractivity contribution in [2.45, 2.75) is 19.8 Å². The summed E-state index contributed by atoms with van der Waals surface area (Å²) in [4.78, 5) is 28.1. The molecule has 2 saturated heterocycles. The van der Waals surface area contributed by atoms with Crippen molar-refractivity contribution in [2.75, 3.05) is 51.2 Å². The van der Waals surface area contributed by atoms with Crippen molar-refractivity contribution in [3.05, 3.63) is 18.0 Å². The first-order valence-corrected chi connectivity index (χ1v) is 8.15. The normalized spacial score (nSPS) is 23.6. The Kier molecular flexibility index (Phi) is 4.57. The number of piperidine rings is 1. The zero-order valence-electron chi connectivity index (χ0n) is 13.5. The number of carbonyl (C=O) groups is 1. The smallest absolute Gasteiger partial charge is 0.227 e. The third-order valence-corrected chi connectivity index (χ3v) is 4.65. The lowest BCUT2D eigenvalue weighted by atomic mass is 9.96. The van der Waals surface area contributed by atoms with Crippen LogP contribution in [0, 0.1) is 12.8 Å². The first-order valence-electron chi connectivity index (χ1n) is 8.15. The summed E-state index contributed by atoms with van der Waals surface area (Å²) in [6, 6.07) is 1.90. The van der Waals surface area contributed by atoms with Gasteiger partial charge in [-0.2, -0.15) is 0 Å². The van der Waals surface area contributed by atoms with E-state index in [0.717, 1.165) is 63.8 Å². The van der Waals surface area contributed by atoms with Gasteiger partial charge in [0.1, 0.15) is 0 Å². The highest BCUT2D eigenvalue weighted by Gasteiger charge is 2.31. The number of piperazine rings is 1. The first kappa shape index (κ1) is 15.2. The summed E-state index contributed by atoms with van der Waals surface area (Å²) < 4.78 is 0. The number of likely N-dealkylation sites (N-methyl/N-ethyl adjacent to an activating group) is 1. The van der Waals surface area contributed by atoms with Crippen LogP contribution in [0.4, 0.5) is 5.95 Å². The maximum atomic E-state index is 12.7. The summed E-state index contributed by atoms with van der Waals surface area (Å²) in [5.74, 6) is 1.16. The van der Waals surface area contributed by atoms with Gasteiger partial charge in [-0.15, -0.1) is 0 Å². The molecular weight excluding hydrogens is 278 g/mol. The molecule has 0 aromatic carbocycles. The molecule has 2 aliphatic heterocycles. The van der Waals surface area contributed by atoms with Gasteiger partial charge in [-0.25, -0.2) is 9.97 Å². The predicted octanol–water partition coefficient (Wildman–Crippen LogP) is 0.775. The molecule has 0 spiro atoms. The average molecular weight is 303 g/mol. The second-order valence-electron chi connectivity index (χ2n) is 6.41. The van der Waals surface area contributed by atoms with Crippen LogP contribution in [-0.2, 0) is 4.79 Å². The van der Waals surface area contributed by atoms with E-state index in [1.807, 2.05) is 17.9 Å². The van der Waals surface area contributed by atoms with Crippen LogP contribution < -0.4 is 4.90 Å². The summed E-state index contributed by atoms with van der Waals surface area (Å²) in [6.45, 7) is 7.32. The first-order chi connectivity index (χ1) is 10.6. The van der Waals surface area contributed by atoms with E-state index in [9.17, 15) is 4.79 Å². The molecular formula is C16H25N5O. The molecule has 2 aliphatic rings. The number of hydrogen-bond acceptors (Lipinski definition) is 5. The van der Waals surface area contributed by atoms with Crippen LogP contribution in [0.2, 0.25) is 0 Å². The van der Waals surface area contributed by atoms with Crippen LogP contribution in [-0.4, -0.2) is 72.0 Å². The Balaban J connectivity index is 1.64. The molecule has 1 amide bonds. The zero-order chi connectivity index (χ0) is 15.5. The van der Waals surface area contributed by atoms with Crippen molar-refractivity contribution in [3.8, 4) is 0 Å². The Morgan fingerprint density at radius 3 is 2.73 bits per heavy atom. The topological polar surface area (TPSA) is 52.6 Å². The molecule has 2 fully saturated rings. The van der Waals surface area contributed by atoms with Crippen molar-refractivity contribution in [3.63, 3.8) is 0 Å². The molecule has 0 saturated carbocycles. The van der Waals surface area contributed by atoms with E-state index in [1.54, 1.807) is 6.20 Å².